The van der Waals surface area contributed by atoms with E-state index in [1.807, 2.05) is 6.07 Å². The van der Waals surface area contributed by atoms with Crippen LogP contribution in [0.4, 0.5) is 0 Å². The smallest absolute Gasteiger partial charge is 0.246 e. The van der Waals surface area contributed by atoms with Crippen LogP contribution in [0.1, 0.15) is 37.8 Å². The molecule has 3 rings (SSSR count). The zero-order valence-electron chi connectivity index (χ0n) is 17.6. The second-order valence-electron chi connectivity index (χ2n) is 8.44. The molecule has 1 fully saturated rings. The second-order valence-corrected chi connectivity index (χ2v) is 10.7. The van der Waals surface area contributed by atoms with E-state index in [4.69, 9.17) is 11.6 Å². The first-order valence-corrected chi connectivity index (χ1v) is 11.9. The van der Waals surface area contributed by atoms with Crippen LogP contribution < -0.4 is 5.32 Å². The number of carbonyl (C=O) groups is 1. The summed E-state index contributed by atoms with van der Waals surface area (Å²) in [7, 11) is -3.71. The van der Waals surface area contributed by atoms with Crippen molar-refractivity contribution in [3.05, 3.63) is 58.9 Å². The van der Waals surface area contributed by atoms with Crippen LogP contribution in [-0.2, 0) is 20.2 Å². The molecule has 2 aromatic rings. The van der Waals surface area contributed by atoms with Gasteiger partial charge in [-0.2, -0.15) is 4.31 Å². The summed E-state index contributed by atoms with van der Waals surface area (Å²) in [6, 6.07) is 11.3. The van der Waals surface area contributed by atoms with Crippen LogP contribution in [0.2, 0.25) is 5.15 Å². The minimum absolute atomic E-state index is 0.00877. The molecule has 0 bridgehead atoms. The van der Waals surface area contributed by atoms with Crippen LogP contribution in [0.15, 0.2) is 47.5 Å². The van der Waals surface area contributed by atoms with Crippen molar-refractivity contribution in [2.75, 3.05) is 19.6 Å². The molecule has 8 heteroatoms. The number of sulfonamides is 1. The first-order valence-electron chi connectivity index (χ1n) is 10.1. The zero-order chi connectivity index (χ0) is 21.9. The van der Waals surface area contributed by atoms with Crippen molar-refractivity contribution in [1.82, 2.24) is 14.6 Å². The Bertz CT molecular complexity index is 1020. The van der Waals surface area contributed by atoms with Crippen LogP contribution in [-0.4, -0.2) is 43.2 Å². The lowest BCUT2D eigenvalue weighted by Crippen LogP contribution is -2.45. The summed E-state index contributed by atoms with van der Waals surface area (Å²) in [6.07, 6.45) is 2.41. The molecule has 2 heterocycles. The van der Waals surface area contributed by atoms with E-state index < -0.39 is 10.0 Å². The number of rotatable bonds is 6. The summed E-state index contributed by atoms with van der Waals surface area (Å²) in [6.45, 7) is 7.36. The average Bonchev–Trinajstić information content (AvgIpc) is 2.72. The third-order valence-electron chi connectivity index (χ3n) is 5.67. The molecule has 0 spiro atoms. The van der Waals surface area contributed by atoms with Gasteiger partial charge >= 0.3 is 0 Å². The fourth-order valence-electron chi connectivity index (χ4n) is 3.68. The molecule has 1 amide bonds. The van der Waals surface area contributed by atoms with Gasteiger partial charge in [-0.15, -0.1) is 0 Å². The average molecular weight is 450 g/mol. The molecule has 1 N–H and O–H groups in total. The maximum absolute atomic E-state index is 12.8. The molecule has 0 unspecified atom stereocenters. The number of benzene rings is 1. The van der Waals surface area contributed by atoms with E-state index in [2.05, 4.69) is 49.3 Å². The minimum Gasteiger partial charge on any atom is -0.355 e. The SMILES string of the molecule is Cc1cccc(C(C)(C)CNC(=O)C2CCN(S(=O)(=O)c3cccnc3Cl)CC2)c1. The van der Waals surface area contributed by atoms with Gasteiger partial charge in [-0.3, -0.25) is 4.79 Å². The third-order valence-corrected chi connectivity index (χ3v) is 8.01. The highest BCUT2D eigenvalue weighted by molar-refractivity contribution is 7.89. The molecule has 30 heavy (non-hydrogen) atoms. The fraction of sp³-hybridized carbons (Fsp3) is 0.455. The van der Waals surface area contributed by atoms with E-state index in [1.54, 1.807) is 6.07 Å². The van der Waals surface area contributed by atoms with Gasteiger partial charge in [0.15, 0.2) is 0 Å². The van der Waals surface area contributed by atoms with E-state index in [1.165, 1.54) is 27.7 Å². The van der Waals surface area contributed by atoms with Crippen LogP contribution in [0.5, 0.6) is 0 Å². The van der Waals surface area contributed by atoms with Gasteiger partial charge < -0.3 is 5.32 Å². The van der Waals surface area contributed by atoms with Crippen molar-refractivity contribution in [2.24, 2.45) is 5.92 Å². The van der Waals surface area contributed by atoms with Crippen LogP contribution in [0, 0.1) is 12.8 Å². The molecule has 0 aliphatic carbocycles. The van der Waals surface area contributed by atoms with E-state index in [0.717, 1.165) is 0 Å². The molecule has 6 nitrogen and oxygen atoms in total. The number of aryl methyl sites for hydroxylation is 1. The molecule has 1 aliphatic heterocycles. The largest absolute Gasteiger partial charge is 0.355 e. The molecule has 162 valence electrons. The van der Waals surface area contributed by atoms with Gasteiger partial charge in [0.1, 0.15) is 10.0 Å². The predicted molar refractivity (Wildman–Crippen MR) is 118 cm³/mol. The summed E-state index contributed by atoms with van der Waals surface area (Å²) in [5.74, 6) is -0.221. The van der Waals surface area contributed by atoms with Gasteiger partial charge in [0.2, 0.25) is 15.9 Å². The Labute approximate surface area is 183 Å². The van der Waals surface area contributed by atoms with E-state index in [0.29, 0.717) is 19.4 Å². The van der Waals surface area contributed by atoms with E-state index in [9.17, 15) is 13.2 Å². The molecular weight excluding hydrogens is 422 g/mol. The number of pyridine rings is 1. The molecule has 1 aliphatic rings. The highest BCUT2D eigenvalue weighted by Gasteiger charge is 2.34. The Balaban J connectivity index is 1.57. The molecule has 1 saturated heterocycles. The van der Waals surface area contributed by atoms with Gasteiger partial charge in [-0.1, -0.05) is 55.3 Å². The predicted octanol–water partition coefficient (Wildman–Crippen LogP) is 3.54. The first kappa shape index (κ1) is 22.7. The minimum atomic E-state index is -3.71. The summed E-state index contributed by atoms with van der Waals surface area (Å²) < 4.78 is 27.0. The molecular formula is C22H28ClN3O3S. The van der Waals surface area contributed by atoms with Crippen molar-refractivity contribution < 1.29 is 13.2 Å². The Hall–Kier alpha value is -1.96. The van der Waals surface area contributed by atoms with Crippen molar-refractivity contribution >= 4 is 27.5 Å². The number of halogens is 1. The van der Waals surface area contributed by atoms with Crippen molar-refractivity contribution in [3.8, 4) is 0 Å². The lowest BCUT2D eigenvalue weighted by atomic mass is 9.83. The number of hydrogen-bond acceptors (Lipinski definition) is 4. The van der Waals surface area contributed by atoms with Crippen molar-refractivity contribution in [2.45, 2.75) is 43.9 Å². The summed E-state index contributed by atoms with van der Waals surface area (Å²) in [5.41, 5.74) is 2.18. The molecule has 0 saturated carbocycles. The van der Waals surface area contributed by atoms with Gasteiger partial charge in [0.25, 0.3) is 0 Å². The zero-order valence-corrected chi connectivity index (χ0v) is 19.1. The van der Waals surface area contributed by atoms with Gasteiger partial charge in [0, 0.05) is 37.2 Å². The molecule has 0 radical (unpaired) electrons. The maximum Gasteiger partial charge on any atom is 0.246 e. The molecule has 1 aromatic carbocycles. The number of nitrogens with one attached hydrogen (secondary N) is 1. The number of amides is 1. The van der Waals surface area contributed by atoms with Crippen molar-refractivity contribution in [3.63, 3.8) is 0 Å². The highest BCUT2D eigenvalue weighted by Crippen LogP contribution is 2.28. The number of piperidine rings is 1. The highest BCUT2D eigenvalue weighted by atomic mass is 35.5. The number of nitrogens with zero attached hydrogens (tertiary/aromatic N) is 2. The van der Waals surface area contributed by atoms with Gasteiger partial charge in [-0.05, 0) is 37.5 Å². The summed E-state index contributed by atoms with van der Waals surface area (Å²) in [5, 5.41) is 3.04. The Kier molecular flexibility index (Phi) is 6.84. The van der Waals surface area contributed by atoms with Crippen LogP contribution in [0.25, 0.3) is 0 Å². The van der Waals surface area contributed by atoms with Crippen LogP contribution >= 0.6 is 11.6 Å². The fourth-order valence-corrected chi connectivity index (χ4v) is 5.58. The standard InChI is InChI=1S/C22H28ClN3O3S/c1-16-6-4-7-18(14-16)22(2,3)15-25-21(27)17-9-12-26(13-10-17)30(28,29)19-8-5-11-24-20(19)23/h4-8,11,14,17H,9-10,12-13,15H2,1-3H3,(H,25,27). The normalized spacial score (nSPS) is 16.4. The van der Waals surface area contributed by atoms with Crippen LogP contribution in [0.3, 0.4) is 0 Å². The lowest BCUT2D eigenvalue weighted by Gasteiger charge is -2.32. The van der Waals surface area contributed by atoms with E-state index >= 15 is 0 Å². The summed E-state index contributed by atoms with van der Waals surface area (Å²) >= 11 is 5.97. The lowest BCUT2D eigenvalue weighted by molar-refractivity contribution is -0.126. The van der Waals surface area contributed by atoms with Crippen molar-refractivity contribution in [1.29, 1.82) is 0 Å². The Morgan fingerprint density at radius 3 is 2.57 bits per heavy atom. The quantitative estimate of drug-likeness (QED) is 0.684. The Morgan fingerprint density at radius 2 is 1.93 bits per heavy atom. The van der Waals surface area contributed by atoms with Gasteiger partial charge in [-0.25, -0.2) is 13.4 Å². The summed E-state index contributed by atoms with van der Waals surface area (Å²) in [4.78, 5) is 16.6. The number of aromatic nitrogens is 1. The second kappa shape index (κ2) is 9.04. The van der Waals surface area contributed by atoms with Gasteiger partial charge in [0.05, 0.1) is 0 Å². The monoisotopic (exact) mass is 449 g/mol. The molecule has 1 aromatic heterocycles. The first-order chi connectivity index (χ1) is 14.1. The third kappa shape index (κ3) is 5.02. The molecule has 0 atom stereocenters. The topological polar surface area (TPSA) is 79.4 Å². The number of carbonyl (C=O) groups excluding carboxylic acids is 1. The Morgan fingerprint density at radius 1 is 1.23 bits per heavy atom. The maximum atomic E-state index is 12.8. The van der Waals surface area contributed by atoms with E-state index in [-0.39, 0.29) is 40.4 Å². The number of hydrogen-bond donors (Lipinski definition) is 1.